The van der Waals surface area contributed by atoms with Gasteiger partial charge >= 0.3 is 5.97 Å². The summed E-state index contributed by atoms with van der Waals surface area (Å²) in [6.07, 6.45) is 2.32. The monoisotopic (exact) mass is 247 g/mol. The predicted molar refractivity (Wildman–Crippen MR) is 66.1 cm³/mol. The number of nitrogens with one attached hydrogen (secondary N) is 1. The number of rotatable bonds is 3. The topological polar surface area (TPSA) is 69.6 Å². The van der Waals surface area contributed by atoms with Gasteiger partial charge < -0.3 is 15.5 Å². The third-order valence-electron chi connectivity index (χ3n) is 4.05. The molecule has 2 atom stereocenters. The molecule has 4 nitrogen and oxygen atoms in total. The van der Waals surface area contributed by atoms with Gasteiger partial charge in [-0.25, -0.2) is 0 Å². The van der Waals surface area contributed by atoms with E-state index in [9.17, 15) is 9.90 Å². The minimum absolute atomic E-state index is 0.119. The van der Waals surface area contributed by atoms with Crippen LogP contribution in [0.25, 0.3) is 0 Å². The summed E-state index contributed by atoms with van der Waals surface area (Å²) in [4.78, 5) is 10.9. The van der Waals surface area contributed by atoms with Crippen LogP contribution in [0.5, 0.6) is 0 Å². The molecule has 0 amide bonds. The van der Waals surface area contributed by atoms with Crippen LogP contribution in [0, 0.1) is 5.92 Å². The van der Waals surface area contributed by atoms with Crippen molar-refractivity contribution in [2.75, 3.05) is 6.54 Å². The van der Waals surface area contributed by atoms with Gasteiger partial charge in [-0.2, -0.15) is 0 Å². The lowest BCUT2D eigenvalue weighted by Crippen LogP contribution is -2.17. The Morgan fingerprint density at radius 1 is 1.28 bits per heavy atom. The number of hydrogen-bond acceptors (Lipinski definition) is 3. The zero-order chi connectivity index (χ0) is 12.8. The Bertz CT molecular complexity index is 464. The van der Waals surface area contributed by atoms with Crippen molar-refractivity contribution in [2.45, 2.75) is 30.9 Å². The lowest BCUT2D eigenvalue weighted by molar-refractivity contribution is -0.141. The normalized spacial score (nSPS) is 29.2. The molecule has 1 aromatic carbocycles. The van der Waals surface area contributed by atoms with Gasteiger partial charge in [0.1, 0.15) is 0 Å². The summed E-state index contributed by atoms with van der Waals surface area (Å²) in [5, 5.41) is 22.2. The highest BCUT2D eigenvalue weighted by Gasteiger charge is 2.42. The molecule has 3 rings (SSSR count). The first-order valence-electron chi connectivity index (χ1n) is 6.37. The molecule has 0 aromatic heterocycles. The molecular formula is C14H17NO3. The Morgan fingerprint density at radius 2 is 1.94 bits per heavy atom. The minimum atomic E-state index is -0.728. The molecule has 2 aliphatic rings. The molecule has 18 heavy (non-hydrogen) atoms. The number of carboxylic acid groups (broad SMARTS) is 1. The molecule has 1 heterocycles. The van der Waals surface area contributed by atoms with E-state index < -0.39 is 11.6 Å². The summed E-state index contributed by atoms with van der Waals surface area (Å²) in [5.41, 5.74) is 1.48. The number of carbonyl (C=O) groups is 1. The highest BCUT2D eigenvalue weighted by atomic mass is 16.4. The fraction of sp³-hybridized carbons (Fsp3) is 0.500. The first kappa shape index (κ1) is 11.7. The summed E-state index contributed by atoms with van der Waals surface area (Å²) in [5.74, 6) is -1.02. The predicted octanol–water partition coefficient (Wildman–Crippen LogP) is 1.40. The second-order valence-electron chi connectivity index (χ2n) is 5.39. The highest BCUT2D eigenvalue weighted by molar-refractivity contribution is 5.70. The summed E-state index contributed by atoms with van der Waals surface area (Å²) in [6.45, 7) is 0.533. The van der Waals surface area contributed by atoms with Crippen molar-refractivity contribution in [3.05, 3.63) is 35.4 Å². The summed E-state index contributed by atoms with van der Waals surface area (Å²) < 4.78 is 0. The molecular weight excluding hydrogens is 230 g/mol. The quantitative estimate of drug-likeness (QED) is 0.755. The van der Waals surface area contributed by atoms with E-state index in [-0.39, 0.29) is 12.0 Å². The summed E-state index contributed by atoms with van der Waals surface area (Å²) in [6, 6.07) is 8.02. The van der Waals surface area contributed by atoms with Crippen molar-refractivity contribution < 1.29 is 15.0 Å². The van der Waals surface area contributed by atoms with Gasteiger partial charge in [0.25, 0.3) is 0 Å². The fourth-order valence-electron chi connectivity index (χ4n) is 2.61. The Morgan fingerprint density at radius 3 is 2.44 bits per heavy atom. The van der Waals surface area contributed by atoms with Gasteiger partial charge in [0, 0.05) is 12.6 Å². The lowest BCUT2D eigenvalue weighted by atomic mass is 9.98. The van der Waals surface area contributed by atoms with Crippen molar-refractivity contribution in [3.63, 3.8) is 0 Å². The van der Waals surface area contributed by atoms with Gasteiger partial charge in [-0.1, -0.05) is 24.3 Å². The molecule has 0 radical (unpaired) electrons. The van der Waals surface area contributed by atoms with Crippen LogP contribution in [-0.4, -0.2) is 22.7 Å². The van der Waals surface area contributed by atoms with E-state index in [1.54, 1.807) is 0 Å². The van der Waals surface area contributed by atoms with E-state index in [4.69, 9.17) is 5.11 Å². The van der Waals surface area contributed by atoms with Crippen LogP contribution in [0.1, 0.15) is 36.4 Å². The maximum Gasteiger partial charge on any atom is 0.307 e. The Balaban J connectivity index is 1.72. The number of aliphatic carboxylic acids is 1. The SMILES string of the molecule is O=C(O)C1CNC(c2ccc(C3(O)CC3)cc2)C1. The van der Waals surface area contributed by atoms with E-state index >= 15 is 0 Å². The third kappa shape index (κ3) is 2.02. The first-order chi connectivity index (χ1) is 8.58. The molecule has 1 saturated carbocycles. The van der Waals surface area contributed by atoms with Crippen molar-refractivity contribution in [3.8, 4) is 0 Å². The maximum absolute atomic E-state index is 10.9. The minimum Gasteiger partial charge on any atom is -0.481 e. The molecule has 96 valence electrons. The Kier molecular flexibility index (Phi) is 2.64. The molecule has 0 spiro atoms. The summed E-state index contributed by atoms with van der Waals surface area (Å²) in [7, 11) is 0. The van der Waals surface area contributed by atoms with Crippen LogP contribution in [0.2, 0.25) is 0 Å². The largest absolute Gasteiger partial charge is 0.481 e. The van der Waals surface area contributed by atoms with Crippen molar-refractivity contribution >= 4 is 5.97 Å². The Labute approximate surface area is 106 Å². The van der Waals surface area contributed by atoms with Gasteiger partial charge in [-0.3, -0.25) is 4.79 Å². The van der Waals surface area contributed by atoms with Gasteiger partial charge in [-0.15, -0.1) is 0 Å². The van der Waals surface area contributed by atoms with Crippen molar-refractivity contribution in [1.29, 1.82) is 0 Å². The summed E-state index contributed by atoms with van der Waals surface area (Å²) >= 11 is 0. The molecule has 2 unspecified atom stereocenters. The average molecular weight is 247 g/mol. The van der Waals surface area contributed by atoms with E-state index in [0.29, 0.717) is 13.0 Å². The van der Waals surface area contributed by atoms with Gasteiger partial charge in [0.15, 0.2) is 0 Å². The Hall–Kier alpha value is -1.39. The van der Waals surface area contributed by atoms with E-state index in [1.807, 2.05) is 24.3 Å². The number of hydrogen-bond donors (Lipinski definition) is 3. The molecule has 1 aromatic rings. The zero-order valence-corrected chi connectivity index (χ0v) is 10.1. The number of carboxylic acids is 1. The molecule has 2 fully saturated rings. The fourth-order valence-corrected chi connectivity index (χ4v) is 2.61. The average Bonchev–Trinajstić information content (AvgIpc) is 2.95. The van der Waals surface area contributed by atoms with Crippen LogP contribution in [0.4, 0.5) is 0 Å². The number of aliphatic hydroxyl groups is 1. The van der Waals surface area contributed by atoms with E-state index in [1.165, 1.54) is 0 Å². The van der Waals surface area contributed by atoms with Crippen LogP contribution in [0.15, 0.2) is 24.3 Å². The molecule has 1 aliphatic carbocycles. The number of benzene rings is 1. The van der Waals surface area contributed by atoms with Gasteiger partial charge in [0.2, 0.25) is 0 Å². The molecule has 1 aliphatic heterocycles. The van der Waals surface area contributed by atoms with Crippen LogP contribution >= 0.6 is 0 Å². The van der Waals surface area contributed by atoms with Gasteiger partial charge in [-0.05, 0) is 30.4 Å². The van der Waals surface area contributed by atoms with Crippen LogP contribution in [0.3, 0.4) is 0 Å². The molecule has 4 heteroatoms. The second-order valence-corrected chi connectivity index (χ2v) is 5.39. The van der Waals surface area contributed by atoms with Gasteiger partial charge in [0.05, 0.1) is 11.5 Å². The lowest BCUT2D eigenvalue weighted by Gasteiger charge is -2.13. The van der Waals surface area contributed by atoms with Crippen LogP contribution in [-0.2, 0) is 10.4 Å². The smallest absolute Gasteiger partial charge is 0.307 e. The maximum atomic E-state index is 10.9. The van der Waals surface area contributed by atoms with Crippen LogP contribution < -0.4 is 5.32 Å². The third-order valence-corrected chi connectivity index (χ3v) is 4.05. The molecule has 3 N–H and O–H groups in total. The standard InChI is InChI=1S/C14H17NO3/c16-13(17)10-7-12(15-8-10)9-1-3-11(4-2-9)14(18)5-6-14/h1-4,10,12,15,18H,5-8H2,(H,16,17). The first-order valence-corrected chi connectivity index (χ1v) is 6.37. The molecule has 1 saturated heterocycles. The van der Waals surface area contributed by atoms with Crippen molar-refractivity contribution in [2.24, 2.45) is 5.92 Å². The molecule has 0 bridgehead atoms. The van der Waals surface area contributed by atoms with E-state index in [0.717, 1.165) is 24.0 Å². The second kappa shape index (κ2) is 4.07. The van der Waals surface area contributed by atoms with E-state index in [2.05, 4.69) is 5.32 Å². The highest BCUT2D eigenvalue weighted by Crippen LogP contribution is 2.45. The van der Waals surface area contributed by atoms with Crippen molar-refractivity contribution in [1.82, 2.24) is 5.32 Å². The zero-order valence-electron chi connectivity index (χ0n) is 10.1.